The summed E-state index contributed by atoms with van der Waals surface area (Å²) >= 11 is 0. The lowest BCUT2D eigenvalue weighted by atomic mass is 10.1. The Labute approximate surface area is 140 Å². The van der Waals surface area contributed by atoms with Crippen molar-refractivity contribution in [1.29, 1.82) is 0 Å². The second-order valence-corrected chi connectivity index (χ2v) is 5.36. The Kier molecular flexibility index (Phi) is 5.52. The van der Waals surface area contributed by atoms with Gasteiger partial charge in [0.25, 0.3) is 5.91 Å². The van der Waals surface area contributed by atoms with Crippen LogP contribution in [0.15, 0.2) is 42.5 Å². The second kappa shape index (κ2) is 7.59. The predicted octanol–water partition coefficient (Wildman–Crippen LogP) is 3.49. The molecule has 126 valence electrons. The normalized spacial score (nSPS) is 10.2. The van der Waals surface area contributed by atoms with E-state index in [-0.39, 0.29) is 17.2 Å². The number of carbonyl (C=O) groups excluding carboxylic acids is 2. The van der Waals surface area contributed by atoms with Crippen molar-refractivity contribution in [1.82, 2.24) is 0 Å². The van der Waals surface area contributed by atoms with Crippen LogP contribution in [-0.2, 0) is 4.79 Å². The lowest BCUT2D eigenvalue weighted by Gasteiger charge is -2.21. The van der Waals surface area contributed by atoms with Crippen LogP contribution >= 0.6 is 0 Å². The van der Waals surface area contributed by atoms with E-state index in [1.165, 1.54) is 19.1 Å². The molecular formula is C18H20FN3O2. The molecule has 0 saturated heterocycles. The van der Waals surface area contributed by atoms with Gasteiger partial charge in [0.15, 0.2) is 0 Å². The molecule has 2 aromatic carbocycles. The molecule has 0 spiro atoms. The zero-order chi connectivity index (χ0) is 17.7. The molecule has 2 amide bonds. The number of carbonyl (C=O) groups is 2. The van der Waals surface area contributed by atoms with Crippen molar-refractivity contribution < 1.29 is 14.0 Å². The van der Waals surface area contributed by atoms with Crippen LogP contribution in [0.4, 0.5) is 21.5 Å². The van der Waals surface area contributed by atoms with Gasteiger partial charge in [-0.15, -0.1) is 0 Å². The first-order valence-electron chi connectivity index (χ1n) is 7.61. The van der Waals surface area contributed by atoms with Gasteiger partial charge in [0.05, 0.1) is 17.1 Å². The highest BCUT2D eigenvalue weighted by Gasteiger charge is 2.13. The SMILES string of the molecule is CCN(C)c1ccccc1NC(=O)c1ccc(F)c(NC(C)=O)c1. The first-order chi connectivity index (χ1) is 11.4. The summed E-state index contributed by atoms with van der Waals surface area (Å²) < 4.78 is 13.7. The van der Waals surface area contributed by atoms with Gasteiger partial charge in [0.1, 0.15) is 5.82 Å². The zero-order valence-corrected chi connectivity index (χ0v) is 13.9. The summed E-state index contributed by atoms with van der Waals surface area (Å²) in [4.78, 5) is 25.6. The van der Waals surface area contributed by atoms with E-state index in [2.05, 4.69) is 10.6 Å². The highest BCUT2D eigenvalue weighted by atomic mass is 19.1. The fourth-order valence-corrected chi connectivity index (χ4v) is 2.23. The molecule has 24 heavy (non-hydrogen) atoms. The van der Waals surface area contributed by atoms with Gasteiger partial charge >= 0.3 is 0 Å². The minimum atomic E-state index is -0.590. The molecule has 0 fully saturated rings. The number of anilines is 3. The Hall–Kier alpha value is -2.89. The molecule has 0 saturated carbocycles. The van der Waals surface area contributed by atoms with E-state index in [0.717, 1.165) is 18.3 Å². The number of rotatable bonds is 5. The van der Waals surface area contributed by atoms with Gasteiger partial charge in [-0.2, -0.15) is 0 Å². The molecule has 0 heterocycles. The minimum Gasteiger partial charge on any atom is -0.373 e. The maximum atomic E-state index is 13.7. The predicted molar refractivity (Wildman–Crippen MR) is 94.0 cm³/mol. The molecule has 2 N–H and O–H groups in total. The van der Waals surface area contributed by atoms with E-state index in [4.69, 9.17) is 0 Å². The highest BCUT2D eigenvalue weighted by Crippen LogP contribution is 2.25. The summed E-state index contributed by atoms with van der Waals surface area (Å²) in [7, 11) is 1.93. The molecule has 2 aromatic rings. The standard InChI is InChI=1S/C18H20FN3O2/c1-4-22(3)17-8-6-5-7-15(17)21-18(24)13-9-10-14(19)16(11-13)20-12(2)23/h5-11H,4H2,1-3H3,(H,20,23)(H,21,24). The van der Waals surface area contributed by atoms with Gasteiger partial charge in [-0.05, 0) is 37.3 Å². The maximum Gasteiger partial charge on any atom is 0.255 e. The fourth-order valence-electron chi connectivity index (χ4n) is 2.23. The number of nitrogens with zero attached hydrogens (tertiary/aromatic N) is 1. The first kappa shape index (κ1) is 17.5. The van der Waals surface area contributed by atoms with E-state index in [0.29, 0.717) is 5.69 Å². The number of hydrogen-bond donors (Lipinski definition) is 2. The third-order valence-corrected chi connectivity index (χ3v) is 3.58. The Morgan fingerprint density at radius 1 is 1.08 bits per heavy atom. The van der Waals surface area contributed by atoms with Gasteiger partial charge in [0, 0.05) is 26.1 Å². The summed E-state index contributed by atoms with van der Waals surface area (Å²) in [5.41, 5.74) is 1.79. The molecule has 0 aliphatic carbocycles. The van der Waals surface area contributed by atoms with E-state index < -0.39 is 11.7 Å². The van der Waals surface area contributed by atoms with Gasteiger partial charge in [-0.25, -0.2) is 4.39 Å². The number of benzene rings is 2. The summed E-state index contributed by atoms with van der Waals surface area (Å²) in [5, 5.41) is 5.20. The number of amides is 2. The average molecular weight is 329 g/mol. The molecule has 6 heteroatoms. The highest BCUT2D eigenvalue weighted by molar-refractivity contribution is 6.06. The molecule has 0 bridgehead atoms. The van der Waals surface area contributed by atoms with Crippen LogP contribution in [0.1, 0.15) is 24.2 Å². The molecule has 2 rings (SSSR count). The summed E-state index contributed by atoms with van der Waals surface area (Å²) in [6, 6.07) is 11.3. The minimum absolute atomic E-state index is 0.0193. The third-order valence-electron chi connectivity index (χ3n) is 3.58. The number of nitrogens with one attached hydrogen (secondary N) is 2. The van der Waals surface area contributed by atoms with Crippen molar-refractivity contribution in [2.24, 2.45) is 0 Å². The number of hydrogen-bond acceptors (Lipinski definition) is 3. The van der Waals surface area contributed by atoms with Crippen LogP contribution in [0, 0.1) is 5.82 Å². The molecule has 0 aliphatic heterocycles. The van der Waals surface area contributed by atoms with Gasteiger partial charge in [-0.3, -0.25) is 9.59 Å². The van der Waals surface area contributed by atoms with Crippen LogP contribution in [0.5, 0.6) is 0 Å². The Bertz CT molecular complexity index is 762. The smallest absolute Gasteiger partial charge is 0.255 e. The quantitative estimate of drug-likeness (QED) is 0.883. The van der Waals surface area contributed by atoms with Crippen LogP contribution in [0.3, 0.4) is 0 Å². The molecular weight excluding hydrogens is 309 g/mol. The topological polar surface area (TPSA) is 61.4 Å². The van der Waals surface area contributed by atoms with Crippen molar-refractivity contribution in [3.63, 3.8) is 0 Å². The molecule has 0 aliphatic rings. The molecule has 0 unspecified atom stereocenters. The lowest BCUT2D eigenvalue weighted by molar-refractivity contribution is -0.114. The first-order valence-corrected chi connectivity index (χ1v) is 7.61. The van der Waals surface area contributed by atoms with E-state index in [1.807, 2.05) is 37.1 Å². The van der Waals surface area contributed by atoms with E-state index >= 15 is 0 Å². The largest absolute Gasteiger partial charge is 0.373 e. The lowest BCUT2D eigenvalue weighted by Crippen LogP contribution is -2.20. The van der Waals surface area contributed by atoms with Crippen molar-refractivity contribution in [2.75, 3.05) is 29.1 Å². The number of para-hydroxylation sites is 2. The number of halogens is 1. The summed E-state index contributed by atoms with van der Waals surface area (Å²) in [6.07, 6.45) is 0. The van der Waals surface area contributed by atoms with Crippen molar-refractivity contribution >= 4 is 28.9 Å². The van der Waals surface area contributed by atoms with Crippen LogP contribution in [0.25, 0.3) is 0 Å². The van der Waals surface area contributed by atoms with Crippen LogP contribution < -0.4 is 15.5 Å². The Balaban J connectivity index is 2.26. The third kappa shape index (κ3) is 4.10. The van der Waals surface area contributed by atoms with Crippen molar-refractivity contribution in [3.8, 4) is 0 Å². The molecule has 0 radical (unpaired) electrons. The van der Waals surface area contributed by atoms with Crippen LogP contribution in [0.2, 0.25) is 0 Å². The van der Waals surface area contributed by atoms with Gasteiger partial charge in [0.2, 0.25) is 5.91 Å². The molecule has 0 aromatic heterocycles. The van der Waals surface area contributed by atoms with Gasteiger partial charge < -0.3 is 15.5 Å². The zero-order valence-electron chi connectivity index (χ0n) is 13.9. The summed E-state index contributed by atoms with van der Waals surface area (Å²) in [5.74, 6) is -1.37. The Morgan fingerprint density at radius 2 is 1.79 bits per heavy atom. The van der Waals surface area contributed by atoms with E-state index in [9.17, 15) is 14.0 Å². The second-order valence-electron chi connectivity index (χ2n) is 5.36. The fraction of sp³-hybridized carbons (Fsp3) is 0.222. The summed E-state index contributed by atoms with van der Waals surface area (Å²) in [6.45, 7) is 4.08. The molecule has 5 nitrogen and oxygen atoms in total. The van der Waals surface area contributed by atoms with E-state index in [1.54, 1.807) is 6.07 Å². The van der Waals surface area contributed by atoms with Crippen molar-refractivity contribution in [3.05, 3.63) is 53.8 Å². The average Bonchev–Trinajstić information content (AvgIpc) is 2.56. The van der Waals surface area contributed by atoms with Crippen molar-refractivity contribution in [2.45, 2.75) is 13.8 Å². The maximum absolute atomic E-state index is 13.7. The monoisotopic (exact) mass is 329 g/mol. The van der Waals surface area contributed by atoms with Crippen LogP contribution in [-0.4, -0.2) is 25.4 Å². The Morgan fingerprint density at radius 3 is 2.46 bits per heavy atom. The molecule has 0 atom stereocenters. The van der Waals surface area contributed by atoms with Gasteiger partial charge in [-0.1, -0.05) is 12.1 Å².